The third-order valence-corrected chi connectivity index (χ3v) is 8.50. The van der Waals surface area contributed by atoms with Crippen LogP contribution in [-0.4, -0.2) is 5.97 Å². The molecule has 5 heteroatoms. The van der Waals surface area contributed by atoms with Crippen LogP contribution in [0.15, 0.2) is 30.3 Å². The Morgan fingerprint density at radius 2 is 1.57 bits per heavy atom. The Morgan fingerprint density at radius 3 is 2.14 bits per heavy atom. The van der Waals surface area contributed by atoms with Crippen molar-refractivity contribution in [3.8, 4) is 17.9 Å². The highest BCUT2D eigenvalue weighted by Crippen LogP contribution is 2.59. The molecule has 3 saturated carbocycles. The number of aryl methyl sites for hydroxylation is 2. The van der Waals surface area contributed by atoms with Crippen molar-refractivity contribution in [3.63, 3.8) is 0 Å². The minimum atomic E-state index is -0.466. The van der Waals surface area contributed by atoms with Crippen molar-refractivity contribution < 1.29 is 13.9 Å². The van der Waals surface area contributed by atoms with Crippen molar-refractivity contribution in [2.24, 2.45) is 5.41 Å². The van der Waals surface area contributed by atoms with Crippen LogP contribution in [0.1, 0.15) is 99.5 Å². The molecule has 3 fully saturated rings. The molecular weight excluding hydrogens is 439 g/mol. The van der Waals surface area contributed by atoms with Gasteiger partial charge in [0.15, 0.2) is 0 Å². The summed E-state index contributed by atoms with van der Waals surface area (Å²) in [6.07, 6.45) is 10.8. The minimum absolute atomic E-state index is 0.0514. The van der Waals surface area contributed by atoms with Gasteiger partial charge in [0, 0.05) is 6.42 Å². The zero-order chi connectivity index (χ0) is 25.1. The summed E-state index contributed by atoms with van der Waals surface area (Å²) >= 11 is 0. The molecule has 182 valence electrons. The van der Waals surface area contributed by atoms with Crippen LogP contribution in [-0.2, 0) is 23.1 Å². The van der Waals surface area contributed by atoms with Gasteiger partial charge in [-0.15, -0.1) is 0 Å². The van der Waals surface area contributed by atoms with Crippen molar-refractivity contribution in [1.82, 2.24) is 0 Å². The zero-order valence-electron chi connectivity index (χ0n) is 20.8. The number of hydrogen-bond donors (Lipinski definition) is 0. The summed E-state index contributed by atoms with van der Waals surface area (Å²) in [5, 5.41) is 19.2. The van der Waals surface area contributed by atoms with Gasteiger partial charge in [-0.3, -0.25) is 4.79 Å². The monoisotopic (exact) mass is 472 g/mol. The van der Waals surface area contributed by atoms with Gasteiger partial charge in [-0.25, -0.2) is 4.39 Å². The maximum atomic E-state index is 15.2. The van der Waals surface area contributed by atoms with Crippen molar-refractivity contribution in [2.75, 3.05) is 0 Å². The molecule has 0 heterocycles. The van der Waals surface area contributed by atoms with Crippen molar-refractivity contribution in [2.45, 2.75) is 89.9 Å². The van der Waals surface area contributed by atoms with Gasteiger partial charge in [-0.05, 0) is 97.4 Å². The molecule has 35 heavy (non-hydrogen) atoms. The number of hydrogen-bond acceptors (Lipinski definition) is 4. The molecule has 4 nitrogen and oxygen atoms in total. The Balaban J connectivity index is 1.50. The lowest BCUT2D eigenvalue weighted by Crippen LogP contribution is -2.44. The van der Waals surface area contributed by atoms with E-state index in [-0.39, 0.29) is 34.5 Å². The Kier molecular flexibility index (Phi) is 7.27. The summed E-state index contributed by atoms with van der Waals surface area (Å²) in [5.74, 6) is -0.565. The number of nitrogens with zero attached hydrogens (tertiary/aromatic N) is 2. The van der Waals surface area contributed by atoms with Crippen LogP contribution in [0.5, 0.6) is 5.75 Å². The number of carbonyl (C=O) groups excluding carboxylic acids is 1. The van der Waals surface area contributed by atoms with Crippen LogP contribution >= 0.6 is 0 Å². The van der Waals surface area contributed by atoms with E-state index in [1.807, 2.05) is 12.1 Å². The van der Waals surface area contributed by atoms with Crippen LogP contribution in [0, 0.1) is 33.9 Å². The number of halogens is 1. The van der Waals surface area contributed by atoms with Crippen LogP contribution in [0.4, 0.5) is 4.39 Å². The molecular formula is C30H33FN2O2. The third-order valence-electron chi connectivity index (χ3n) is 8.50. The topological polar surface area (TPSA) is 73.9 Å². The fraction of sp³-hybridized carbons (Fsp3) is 0.500. The molecule has 3 aliphatic rings. The fourth-order valence-corrected chi connectivity index (χ4v) is 6.30. The van der Waals surface area contributed by atoms with Gasteiger partial charge in [0.05, 0.1) is 5.56 Å². The Labute approximate surface area is 207 Å². The lowest BCUT2D eigenvalue weighted by Gasteiger charge is -2.54. The molecule has 0 N–H and O–H groups in total. The molecule has 2 bridgehead atoms. The molecule has 0 radical (unpaired) electrons. The molecule has 5 rings (SSSR count). The quantitative estimate of drug-likeness (QED) is 0.304. The number of esters is 1. The number of nitriles is 2. The molecule has 2 aromatic carbocycles. The number of fused-ring (bicyclic) bond motifs is 3. The van der Waals surface area contributed by atoms with E-state index in [9.17, 15) is 15.3 Å². The van der Waals surface area contributed by atoms with E-state index in [2.05, 4.69) is 19.1 Å². The molecule has 0 saturated heterocycles. The summed E-state index contributed by atoms with van der Waals surface area (Å²) in [7, 11) is 0. The van der Waals surface area contributed by atoms with Crippen molar-refractivity contribution in [1.29, 1.82) is 10.5 Å². The van der Waals surface area contributed by atoms with Crippen LogP contribution in [0.25, 0.3) is 0 Å². The SMILES string of the molecule is CCCC12CCC(c3ccc(CCc4ccc(OC(=O)CC)c(C#N)c4C#N)c(F)c3)(CC1)CC2. The average molecular weight is 473 g/mol. The summed E-state index contributed by atoms with van der Waals surface area (Å²) in [6.45, 7) is 3.94. The van der Waals surface area contributed by atoms with Crippen molar-refractivity contribution in [3.05, 3.63) is 64.0 Å². The second-order valence-corrected chi connectivity index (χ2v) is 10.4. The average Bonchev–Trinajstić information content (AvgIpc) is 2.89. The molecule has 0 spiro atoms. The first-order chi connectivity index (χ1) is 16.9. The third kappa shape index (κ3) is 4.83. The Morgan fingerprint density at radius 1 is 0.943 bits per heavy atom. The van der Waals surface area contributed by atoms with E-state index in [1.165, 1.54) is 32.1 Å². The molecule has 0 atom stereocenters. The maximum absolute atomic E-state index is 15.2. The van der Waals surface area contributed by atoms with Gasteiger partial charge in [-0.1, -0.05) is 38.5 Å². The first kappa shape index (κ1) is 24.9. The molecule has 0 aromatic heterocycles. The van der Waals surface area contributed by atoms with Gasteiger partial charge >= 0.3 is 5.97 Å². The Bertz CT molecular complexity index is 1180. The van der Waals surface area contributed by atoms with Gasteiger partial charge in [0.25, 0.3) is 0 Å². The standard InChI is InChI=1S/C30H33FN2O2/c1-3-11-29-12-15-30(16-13-29,17-14-29)23-9-7-22(26(31)18-23)6-5-21-8-10-27(35-28(34)4-2)25(20-33)24(21)19-32/h7-10,18H,3-6,11-17H2,1-2H3. The number of ether oxygens (including phenoxy) is 1. The predicted molar refractivity (Wildman–Crippen MR) is 132 cm³/mol. The normalized spacial score (nSPS) is 22.9. The maximum Gasteiger partial charge on any atom is 0.310 e. The van der Waals surface area contributed by atoms with Crippen LogP contribution in [0.2, 0.25) is 0 Å². The highest BCUT2D eigenvalue weighted by atomic mass is 19.1. The van der Waals surface area contributed by atoms with E-state index in [1.54, 1.807) is 25.1 Å². The first-order valence-corrected chi connectivity index (χ1v) is 12.8. The molecule has 0 aliphatic heterocycles. The number of benzene rings is 2. The van der Waals surface area contributed by atoms with Gasteiger partial charge in [-0.2, -0.15) is 10.5 Å². The van der Waals surface area contributed by atoms with Gasteiger partial charge < -0.3 is 4.74 Å². The number of carbonyl (C=O) groups is 1. The zero-order valence-corrected chi connectivity index (χ0v) is 20.8. The fourth-order valence-electron chi connectivity index (χ4n) is 6.30. The summed E-state index contributed by atoms with van der Waals surface area (Å²) in [5.41, 5.74) is 3.28. The van der Waals surface area contributed by atoms with E-state index >= 15 is 4.39 Å². The second-order valence-electron chi connectivity index (χ2n) is 10.4. The Hall–Kier alpha value is -3.18. The summed E-state index contributed by atoms with van der Waals surface area (Å²) in [4.78, 5) is 11.7. The van der Waals surface area contributed by atoms with Gasteiger partial charge in [0.1, 0.15) is 29.3 Å². The summed E-state index contributed by atoms with van der Waals surface area (Å²) in [6, 6.07) is 13.0. The van der Waals surface area contributed by atoms with E-state index in [0.29, 0.717) is 29.4 Å². The lowest BCUT2D eigenvalue weighted by atomic mass is 9.51. The molecule has 2 aromatic rings. The van der Waals surface area contributed by atoms with E-state index < -0.39 is 5.97 Å². The van der Waals surface area contributed by atoms with Crippen LogP contribution in [0.3, 0.4) is 0 Å². The smallest absolute Gasteiger partial charge is 0.310 e. The van der Waals surface area contributed by atoms with Crippen LogP contribution < -0.4 is 4.74 Å². The summed E-state index contributed by atoms with van der Waals surface area (Å²) < 4.78 is 20.4. The van der Waals surface area contributed by atoms with E-state index in [0.717, 1.165) is 24.8 Å². The first-order valence-electron chi connectivity index (χ1n) is 12.8. The molecule has 0 unspecified atom stereocenters. The molecule has 3 aliphatic carbocycles. The highest BCUT2D eigenvalue weighted by Gasteiger charge is 2.48. The van der Waals surface area contributed by atoms with Gasteiger partial charge in [0.2, 0.25) is 0 Å². The number of rotatable bonds is 8. The lowest BCUT2D eigenvalue weighted by molar-refractivity contribution is -0.134. The van der Waals surface area contributed by atoms with E-state index in [4.69, 9.17) is 4.74 Å². The highest BCUT2D eigenvalue weighted by molar-refractivity contribution is 5.73. The largest absolute Gasteiger partial charge is 0.425 e. The minimum Gasteiger partial charge on any atom is -0.425 e. The predicted octanol–water partition coefficient (Wildman–Crippen LogP) is 7.06. The van der Waals surface area contributed by atoms with Crippen molar-refractivity contribution >= 4 is 5.97 Å². The second kappa shape index (κ2) is 10.2. The molecule has 0 amide bonds.